The summed E-state index contributed by atoms with van der Waals surface area (Å²) in [7, 11) is 3.48. The maximum Gasteiger partial charge on any atom is 0.258 e. The number of benzene rings is 1. The summed E-state index contributed by atoms with van der Waals surface area (Å²) in [6.07, 6.45) is 1.69. The molecule has 1 saturated heterocycles. The Morgan fingerprint density at radius 1 is 1.22 bits per heavy atom. The lowest BCUT2D eigenvalue weighted by molar-refractivity contribution is -0.123. The Morgan fingerprint density at radius 2 is 1.94 bits per heavy atom. The van der Waals surface area contributed by atoms with Crippen molar-refractivity contribution in [2.24, 2.45) is 7.05 Å². The number of ether oxygens (including phenoxy) is 3. The number of fused-ring (bicyclic) bond motifs is 1. The van der Waals surface area contributed by atoms with Gasteiger partial charge in [-0.2, -0.15) is 0 Å². The van der Waals surface area contributed by atoms with E-state index in [1.54, 1.807) is 11.8 Å². The molecule has 0 aliphatic carbocycles. The van der Waals surface area contributed by atoms with Gasteiger partial charge in [-0.15, -0.1) is 5.10 Å². The van der Waals surface area contributed by atoms with Crippen molar-refractivity contribution in [3.8, 4) is 11.6 Å². The molecule has 0 radical (unpaired) electrons. The van der Waals surface area contributed by atoms with Gasteiger partial charge in [0.15, 0.2) is 12.3 Å². The fourth-order valence-corrected chi connectivity index (χ4v) is 4.38. The molecule has 170 valence electrons. The molecule has 3 aromatic rings. The largest absolute Gasteiger partial charge is 0.497 e. The Kier molecular flexibility index (Phi) is 6.32. The first-order valence-corrected chi connectivity index (χ1v) is 10.8. The highest BCUT2D eigenvalue weighted by Crippen LogP contribution is 2.35. The summed E-state index contributed by atoms with van der Waals surface area (Å²) in [6, 6.07) is 10.1. The summed E-state index contributed by atoms with van der Waals surface area (Å²) in [5, 5.41) is 8.32. The summed E-state index contributed by atoms with van der Waals surface area (Å²) in [4.78, 5) is 17.2. The highest BCUT2D eigenvalue weighted by atomic mass is 16.5. The molecule has 0 saturated carbocycles. The number of hydrogen-bond acceptors (Lipinski definition) is 6. The number of hydrogen-bond donors (Lipinski definition) is 1. The zero-order valence-corrected chi connectivity index (χ0v) is 19.1. The fraction of sp³-hybridized carbons (Fsp3) is 0.458. The summed E-state index contributed by atoms with van der Waals surface area (Å²) in [5.74, 6) is 1.07. The van der Waals surface area contributed by atoms with Crippen LogP contribution in [0.2, 0.25) is 0 Å². The zero-order valence-electron chi connectivity index (χ0n) is 19.1. The van der Waals surface area contributed by atoms with E-state index in [0.717, 1.165) is 40.9 Å². The molecule has 1 aromatic carbocycles. The Morgan fingerprint density at radius 3 is 2.62 bits per heavy atom. The van der Waals surface area contributed by atoms with Gasteiger partial charge in [-0.1, -0.05) is 12.1 Å². The molecule has 0 bridgehead atoms. The van der Waals surface area contributed by atoms with E-state index in [1.807, 2.05) is 39.1 Å². The van der Waals surface area contributed by atoms with Crippen LogP contribution in [0.3, 0.4) is 0 Å². The quantitative estimate of drug-likeness (QED) is 0.610. The van der Waals surface area contributed by atoms with Gasteiger partial charge in [-0.3, -0.25) is 4.79 Å². The predicted molar refractivity (Wildman–Crippen MR) is 121 cm³/mol. The first kappa shape index (κ1) is 22.1. The highest BCUT2D eigenvalue weighted by Gasteiger charge is 2.35. The van der Waals surface area contributed by atoms with Crippen LogP contribution in [0.15, 0.2) is 30.3 Å². The average molecular weight is 439 g/mol. The molecule has 3 heterocycles. The zero-order chi connectivity index (χ0) is 22.7. The van der Waals surface area contributed by atoms with Gasteiger partial charge in [0.1, 0.15) is 5.75 Å². The van der Waals surface area contributed by atoms with E-state index in [2.05, 4.69) is 27.5 Å². The van der Waals surface area contributed by atoms with Crippen LogP contribution >= 0.6 is 0 Å². The third-order valence-electron chi connectivity index (χ3n) is 6.20. The van der Waals surface area contributed by atoms with Gasteiger partial charge in [-0.25, -0.2) is 9.67 Å². The second-order valence-electron chi connectivity index (χ2n) is 8.39. The molecule has 1 amide bonds. The number of aromatic nitrogens is 3. The Labute approximate surface area is 187 Å². The van der Waals surface area contributed by atoms with Crippen molar-refractivity contribution in [3.63, 3.8) is 0 Å². The normalized spacial score (nSPS) is 15.5. The van der Waals surface area contributed by atoms with Gasteiger partial charge in [0.25, 0.3) is 5.91 Å². The van der Waals surface area contributed by atoms with Crippen molar-refractivity contribution in [2.45, 2.75) is 32.1 Å². The van der Waals surface area contributed by atoms with Crippen molar-refractivity contribution in [3.05, 3.63) is 47.2 Å². The van der Waals surface area contributed by atoms with Crippen LogP contribution in [0.4, 0.5) is 0 Å². The van der Waals surface area contributed by atoms with Crippen LogP contribution < -0.4 is 14.8 Å². The predicted octanol–water partition coefficient (Wildman–Crippen LogP) is 2.84. The van der Waals surface area contributed by atoms with Crippen LogP contribution in [-0.4, -0.2) is 54.1 Å². The summed E-state index contributed by atoms with van der Waals surface area (Å²) in [5.41, 5.74) is 3.70. The minimum atomic E-state index is -0.180. The number of nitrogens with one attached hydrogen (secondary N) is 1. The number of amides is 1. The monoisotopic (exact) mass is 438 g/mol. The minimum absolute atomic E-state index is 0.103. The number of methoxy groups -OCH3 is 1. The van der Waals surface area contributed by atoms with Crippen LogP contribution in [-0.2, 0) is 22.0 Å². The van der Waals surface area contributed by atoms with Crippen molar-refractivity contribution in [1.82, 2.24) is 20.1 Å². The maximum absolute atomic E-state index is 12.7. The van der Waals surface area contributed by atoms with Gasteiger partial charge in [0.05, 0.1) is 12.5 Å². The van der Waals surface area contributed by atoms with Crippen molar-refractivity contribution < 1.29 is 19.0 Å². The van der Waals surface area contributed by atoms with E-state index in [1.165, 1.54) is 5.56 Å². The van der Waals surface area contributed by atoms with E-state index >= 15 is 0 Å². The molecule has 0 unspecified atom stereocenters. The van der Waals surface area contributed by atoms with Crippen LogP contribution in [0, 0.1) is 13.8 Å². The molecular weight excluding hydrogens is 408 g/mol. The molecule has 1 N–H and O–H groups in total. The maximum atomic E-state index is 12.7. The van der Waals surface area contributed by atoms with E-state index in [4.69, 9.17) is 14.2 Å². The first-order valence-electron chi connectivity index (χ1n) is 10.8. The Hall–Kier alpha value is -3.13. The molecule has 4 rings (SSSR count). The lowest BCUT2D eigenvalue weighted by Crippen LogP contribution is -2.45. The van der Waals surface area contributed by atoms with E-state index < -0.39 is 0 Å². The number of carbonyl (C=O) groups is 1. The third kappa shape index (κ3) is 4.41. The molecule has 8 nitrogen and oxygen atoms in total. The van der Waals surface area contributed by atoms with Crippen molar-refractivity contribution in [1.29, 1.82) is 0 Å². The van der Waals surface area contributed by atoms with Crippen LogP contribution in [0.25, 0.3) is 11.0 Å². The van der Waals surface area contributed by atoms with Gasteiger partial charge in [0.2, 0.25) is 5.88 Å². The molecule has 1 fully saturated rings. The highest BCUT2D eigenvalue weighted by molar-refractivity contribution is 5.85. The van der Waals surface area contributed by atoms with Crippen LogP contribution in [0.1, 0.15) is 29.7 Å². The molecule has 1 aliphatic rings. The molecule has 2 aromatic heterocycles. The average Bonchev–Trinajstić information content (AvgIpc) is 3.12. The number of nitrogens with zero attached hydrogens (tertiary/aromatic N) is 3. The Balaban J connectivity index is 1.44. The molecule has 8 heteroatoms. The molecular formula is C24H30N4O4. The summed E-state index contributed by atoms with van der Waals surface area (Å²) in [6.45, 7) is 5.70. The summed E-state index contributed by atoms with van der Waals surface area (Å²) >= 11 is 0. The standard InChI is InChI=1S/C24H30N4O4/c1-16-13-17(2)26-22-21(16)23(27-28(22)3)32-14-20(29)25-15-24(9-11-31-12-10-24)18-5-7-19(30-4)8-6-18/h5-8,13H,9-12,14-15H2,1-4H3,(H,25,29). The topological polar surface area (TPSA) is 87.5 Å². The fourth-order valence-electron chi connectivity index (χ4n) is 4.38. The summed E-state index contributed by atoms with van der Waals surface area (Å²) < 4.78 is 18.4. The molecule has 1 aliphatic heterocycles. The minimum Gasteiger partial charge on any atom is -0.497 e. The number of aryl methyl sites for hydroxylation is 3. The van der Waals surface area contributed by atoms with Crippen molar-refractivity contribution >= 4 is 16.9 Å². The van der Waals surface area contributed by atoms with Crippen molar-refractivity contribution in [2.75, 3.05) is 33.5 Å². The van der Waals surface area contributed by atoms with Crippen LogP contribution in [0.5, 0.6) is 11.6 Å². The smallest absolute Gasteiger partial charge is 0.258 e. The van der Waals surface area contributed by atoms with Gasteiger partial charge < -0.3 is 19.5 Å². The molecule has 32 heavy (non-hydrogen) atoms. The molecule has 0 atom stereocenters. The van der Waals surface area contributed by atoms with Gasteiger partial charge in [-0.05, 0) is 56.0 Å². The first-order chi connectivity index (χ1) is 15.4. The van der Waals surface area contributed by atoms with E-state index in [-0.39, 0.29) is 17.9 Å². The number of carbonyl (C=O) groups excluding carboxylic acids is 1. The lowest BCUT2D eigenvalue weighted by Gasteiger charge is -2.38. The lowest BCUT2D eigenvalue weighted by atomic mass is 9.74. The molecule has 0 spiro atoms. The second-order valence-corrected chi connectivity index (χ2v) is 8.39. The third-order valence-corrected chi connectivity index (χ3v) is 6.20. The van der Waals surface area contributed by atoms with Gasteiger partial charge >= 0.3 is 0 Å². The number of pyridine rings is 1. The Bertz CT molecular complexity index is 1100. The van der Waals surface area contributed by atoms with E-state index in [9.17, 15) is 4.79 Å². The second kappa shape index (κ2) is 9.16. The van der Waals surface area contributed by atoms with E-state index in [0.29, 0.717) is 25.6 Å². The number of rotatable bonds is 7. The SMILES string of the molecule is COc1ccc(C2(CNC(=O)COc3nn(C)c4nc(C)cc(C)c34)CCOCC2)cc1. The van der Waals surface area contributed by atoms with Gasteiger partial charge in [0, 0.05) is 37.9 Å².